The van der Waals surface area contributed by atoms with Crippen molar-refractivity contribution in [2.45, 2.75) is 64.6 Å². The Bertz CT molecular complexity index is 486. The fourth-order valence-corrected chi connectivity index (χ4v) is 6.11. The van der Waals surface area contributed by atoms with Crippen LogP contribution in [0, 0.1) is 23.2 Å². The molecule has 0 aromatic rings. The van der Waals surface area contributed by atoms with E-state index in [0.29, 0.717) is 30.8 Å². The van der Waals surface area contributed by atoms with Gasteiger partial charge in [0.2, 0.25) is 0 Å². The molecule has 4 aliphatic carbocycles. The molecule has 1 heterocycles. The number of ether oxygens (including phenoxy) is 2. The summed E-state index contributed by atoms with van der Waals surface area (Å²) in [5.74, 6) is 1.93. The summed E-state index contributed by atoms with van der Waals surface area (Å²) in [5, 5.41) is 0. The van der Waals surface area contributed by atoms with Crippen molar-refractivity contribution in [2.24, 2.45) is 23.2 Å². The Morgan fingerprint density at radius 3 is 2.00 bits per heavy atom. The number of morpholine rings is 1. The van der Waals surface area contributed by atoms with Gasteiger partial charge in [0, 0.05) is 13.1 Å². The van der Waals surface area contributed by atoms with E-state index < -0.39 is 0 Å². The van der Waals surface area contributed by atoms with E-state index in [-0.39, 0.29) is 36.1 Å². The molecule has 5 nitrogen and oxygen atoms in total. The molecule has 4 saturated carbocycles. The van der Waals surface area contributed by atoms with Crippen molar-refractivity contribution >= 4 is 11.9 Å². The summed E-state index contributed by atoms with van der Waals surface area (Å²) in [7, 11) is 0. The first-order valence-corrected chi connectivity index (χ1v) is 9.54. The lowest BCUT2D eigenvalue weighted by molar-refractivity contribution is -0.176. The van der Waals surface area contributed by atoms with Crippen LogP contribution in [0.3, 0.4) is 0 Å². The Labute approximate surface area is 144 Å². The molecule has 24 heavy (non-hydrogen) atoms. The van der Waals surface area contributed by atoms with Gasteiger partial charge >= 0.3 is 5.97 Å². The van der Waals surface area contributed by atoms with Crippen molar-refractivity contribution < 1.29 is 19.1 Å². The van der Waals surface area contributed by atoms with Crippen molar-refractivity contribution in [2.75, 3.05) is 19.7 Å². The Kier molecular flexibility index (Phi) is 4.10. The van der Waals surface area contributed by atoms with Gasteiger partial charge in [-0.15, -0.1) is 0 Å². The first-order chi connectivity index (χ1) is 11.4. The minimum Gasteiger partial charge on any atom is -0.455 e. The van der Waals surface area contributed by atoms with Gasteiger partial charge in [-0.3, -0.25) is 9.59 Å². The number of esters is 1. The van der Waals surface area contributed by atoms with Crippen LogP contribution in [-0.4, -0.2) is 48.7 Å². The van der Waals surface area contributed by atoms with Crippen LogP contribution in [0.15, 0.2) is 0 Å². The number of hydrogen-bond acceptors (Lipinski definition) is 4. The zero-order valence-corrected chi connectivity index (χ0v) is 14.8. The fraction of sp³-hybridized carbons (Fsp3) is 0.895. The highest BCUT2D eigenvalue weighted by atomic mass is 16.5. The molecule has 1 aliphatic heterocycles. The zero-order chi connectivity index (χ0) is 16.9. The average Bonchev–Trinajstić information content (AvgIpc) is 2.50. The summed E-state index contributed by atoms with van der Waals surface area (Å²) in [6.45, 7) is 4.99. The zero-order valence-electron chi connectivity index (χ0n) is 14.8. The smallest absolute Gasteiger partial charge is 0.312 e. The molecule has 2 atom stereocenters. The third-order valence-electron chi connectivity index (χ3n) is 6.57. The molecule has 5 fully saturated rings. The number of carbonyl (C=O) groups excluding carboxylic acids is 2. The molecule has 1 amide bonds. The molecule has 0 radical (unpaired) electrons. The SMILES string of the molecule is C[C@H]1CN(C(=O)COC(=O)C23CC4CC(CC(C4)C2)C3)C[C@H](C)O1. The molecule has 0 N–H and O–H groups in total. The molecule has 5 heteroatoms. The molecular formula is C19H29NO4. The largest absolute Gasteiger partial charge is 0.455 e. The maximum Gasteiger partial charge on any atom is 0.312 e. The summed E-state index contributed by atoms with van der Waals surface area (Å²) < 4.78 is 11.2. The summed E-state index contributed by atoms with van der Waals surface area (Å²) >= 11 is 0. The van der Waals surface area contributed by atoms with Crippen molar-refractivity contribution in [3.8, 4) is 0 Å². The lowest BCUT2D eigenvalue weighted by Gasteiger charge is -2.55. The van der Waals surface area contributed by atoms with Crippen LogP contribution in [0.5, 0.6) is 0 Å². The van der Waals surface area contributed by atoms with Gasteiger partial charge in [-0.2, -0.15) is 0 Å². The number of carbonyl (C=O) groups is 2. The van der Waals surface area contributed by atoms with Crippen molar-refractivity contribution in [3.05, 3.63) is 0 Å². The Morgan fingerprint density at radius 1 is 1.00 bits per heavy atom. The Morgan fingerprint density at radius 2 is 1.50 bits per heavy atom. The summed E-state index contributed by atoms with van der Waals surface area (Å²) in [5.41, 5.74) is -0.277. The monoisotopic (exact) mass is 335 g/mol. The topological polar surface area (TPSA) is 55.8 Å². The lowest BCUT2D eigenvalue weighted by atomic mass is 9.49. The lowest BCUT2D eigenvalue weighted by Crippen LogP contribution is -2.52. The van der Waals surface area contributed by atoms with Crippen molar-refractivity contribution in [1.82, 2.24) is 4.90 Å². The molecule has 0 unspecified atom stereocenters. The second-order valence-electron chi connectivity index (χ2n) is 8.83. The van der Waals surface area contributed by atoms with E-state index in [2.05, 4.69) is 0 Å². The molecular weight excluding hydrogens is 306 g/mol. The van der Waals surface area contributed by atoms with Gasteiger partial charge in [-0.05, 0) is 70.1 Å². The van der Waals surface area contributed by atoms with Crippen LogP contribution in [0.1, 0.15) is 52.4 Å². The van der Waals surface area contributed by atoms with Gasteiger partial charge in [-0.25, -0.2) is 0 Å². The summed E-state index contributed by atoms with van der Waals surface area (Å²) in [4.78, 5) is 27.0. The van der Waals surface area contributed by atoms with Gasteiger partial charge in [0.15, 0.2) is 6.61 Å². The molecule has 4 bridgehead atoms. The first kappa shape index (κ1) is 16.4. The highest BCUT2D eigenvalue weighted by molar-refractivity contribution is 5.83. The van der Waals surface area contributed by atoms with E-state index in [1.807, 2.05) is 13.8 Å². The van der Waals surface area contributed by atoms with Gasteiger partial charge in [0.25, 0.3) is 5.91 Å². The van der Waals surface area contributed by atoms with Crippen molar-refractivity contribution in [1.29, 1.82) is 0 Å². The Balaban J connectivity index is 1.34. The second-order valence-corrected chi connectivity index (χ2v) is 8.83. The first-order valence-electron chi connectivity index (χ1n) is 9.54. The number of nitrogens with zero attached hydrogens (tertiary/aromatic N) is 1. The normalized spacial score (nSPS) is 43.8. The minimum absolute atomic E-state index is 0.0385. The molecule has 134 valence electrons. The number of rotatable bonds is 3. The quantitative estimate of drug-likeness (QED) is 0.743. The molecule has 0 spiro atoms. The van der Waals surface area contributed by atoms with Gasteiger partial charge in [-0.1, -0.05) is 0 Å². The van der Waals surface area contributed by atoms with Crippen LogP contribution in [0.4, 0.5) is 0 Å². The van der Waals surface area contributed by atoms with Crippen LogP contribution in [0.25, 0.3) is 0 Å². The predicted octanol–water partition coefficient (Wildman–Crippen LogP) is 2.38. The van der Waals surface area contributed by atoms with E-state index >= 15 is 0 Å². The van der Waals surface area contributed by atoms with E-state index in [1.165, 1.54) is 19.3 Å². The molecule has 0 aromatic heterocycles. The second kappa shape index (κ2) is 6.01. The fourth-order valence-electron chi connectivity index (χ4n) is 6.11. The average molecular weight is 335 g/mol. The van der Waals surface area contributed by atoms with Crippen LogP contribution < -0.4 is 0 Å². The minimum atomic E-state index is -0.277. The van der Waals surface area contributed by atoms with E-state index in [0.717, 1.165) is 19.3 Å². The van der Waals surface area contributed by atoms with Crippen LogP contribution in [0.2, 0.25) is 0 Å². The number of amides is 1. The van der Waals surface area contributed by atoms with Gasteiger partial charge < -0.3 is 14.4 Å². The molecule has 0 aromatic carbocycles. The third-order valence-corrected chi connectivity index (χ3v) is 6.57. The highest BCUT2D eigenvalue weighted by Gasteiger charge is 2.55. The van der Waals surface area contributed by atoms with Gasteiger partial charge in [0.05, 0.1) is 17.6 Å². The van der Waals surface area contributed by atoms with Crippen LogP contribution in [-0.2, 0) is 19.1 Å². The molecule has 1 saturated heterocycles. The predicted molar refractivity (Wildman–Crippen MR) is 88.2 cm³/mol. The van der Waals surface area contributed by atoms with Crippen LogP contribution >= 0.6 is 0 Å². The highest BCUT2D eigenvalue weighted by Crippen LogP contribution is 2.60. The molecule has 5 rings (SSSR count). The maximum atomic E-state index is 12.8. The van der Waals surface area contributed by atoms with Crippen molar-refractivity contribution in [3.63, 3.8) is 0 Å². The van der Waals surface area contributed by atoms with E-state index in [4.69, 9.17) is 9.47 Å². The summed E-state index contributed by atoms with van der Waals surface area (Å²) in [6, 6.07) is 0. The van der Waals surface area contributed by atoms with E-state index in [9.17, 15) is 9.59 Å². The Hall–Kier alpha value is -1.10. The number of hydrogen-bond donors (Lipinski definition) is 0. The molecule has 5 aliphatic rings. The van der Waals surface area contributed by atoms with Gasteiger partial charge in [0.1, 0.15) is 0 Å². The standard InChI is InChI=1S/C19H29NO4/c1-12-9-20(10-13(2)24-12)17(21)11-23-18(22)19-6-14-3-15(7-19)5-16(4-14)8-19/h12-16H,3-11H2,1-2H3/t12-,13-,14?,15?,16?,19?/m0/s1. The van der Waals surface area contributed by atoms with E-state index in [1.54, 1.807) is 4.90 Å². The third kappa shape index (κ3) is 2.96. The maximum absolute atomic E-state index is 12.8. The summed E-state index contributed by atoms with van der Waals surface area (Å²) in [6.07, 6.45) is 6.93.